The van der Waals surface area contributed by atoms with Crippen LogP contribution in [-0.2, 0) is 9.59 Å². The summed E-state index contributed by atoms with van der Waals surface area (Å²) in [5.74, 6) is -0.224. The summed E-state index contributed by atoms with van der Waals surface area (Å²) in [5, 5.41) is 8.74. The lowest BCUT2D eigenvalue weighted by Gasteiger charge is -2.13. The van der Waals surface area contributed by atoms with Crippen molar-refractivity contribution in [2.75, 3.05) is 0 Å². The van der Waals surface area contributed by atoms with E-state index in [-0.39, 0.29) is 36.6 Å². The van der Waals surface area contributed by atoms with Crippen molar-refractivity contribution >= 4 is 23.3 Å². The molecule has 0 unspecified atom stereocenters. The molecule has 50 heavy (non-hydrogen) atoms. The molecular formula is C44H38N2O4. The minimum Gasteiger partial charge on any atom is -0.424 e. The van der Waals surface area contributed by atoms with Crippen molar-refractivity contribution in [3.05, 3.63) is 169 Å². The van der Waals surface area contributed by atoms with Gasteiger partial charge in [0.1, 0.15) is 11.4 Å². The molecule has 0 N–H and O–H groups in total. The predicted molar refractivity (Wildman–Crippen MR) is 198 cm³/mol. The SMILES string of the molecule is C[C@H](CC(=O)Oc1ccccc1N=Nc1ccccc1OC(=O)C[C@@H](C)c1ccc(-c2ccccc2)cc1)c1ccc(-c2ccccc2)cc1. The van der Waals surface area contributed by atoms with E-state index in [0.717, 1.165) is 33.4 Å². The van der Waals surface area contributed by atoms with Crippen molar-refractivity contribution in [1.29, 1.82) is 0 Å². The van der Waals surface area contributed by atoms with Crippen molar-refractivity contribution < 1.29 is 19.1 Å². The minimum atomic E-state index is -0.370. The summed E-state index contributed by atoms with van der Waals surface area (Å²) < 4.78 is 11.5. The standard InChI is InChI=1S/C44H38N2O4/c1-31(33-21-25-37(26-22-33)35-13-5-3-6-14-35)29-43(47)49-41-19-11-9-17-39(41)45-46-40-18-10-12-20-42(40)50-44(48)30-32(2)34-23-27-38(28-24-34)36-15-7-4-8-16-36/h3-28,31-32H,29-30H2,1-2H3/t31-,32-/m1/s1. The predicted octanol–water partition coefficient (Wildman–Crippen LogP) is 11.6. The van der Waals surface area contributed by atoms with Crippen molar-refractivity contribution in [2.24, 2.45) is 10.2 Å². The van der Waals surface area contributed by atoms with Gasteiger partial charge in [-0.15, -0.1) is 10.2 Å². The summed E-state index contributed by atoms with van der Waals surface area (Å²) in [4.78, 5) is 26.0. The number of esters is 2. The zero-order valence-corrected chi connectivity index (χ0v) is 28.1. The van der Waals surface area contributed by atoms with Crippen LogP contribution in [0.3, 0.4) is 0 Å². The van der Waals surface area contributed by atoms with E-state index in [1.165, 1.54) is 0 Å². The number of ether oxygens (including phenoxy) is 2. The van der Waals surface area contributed by atoms with Gasteiger partial charge in [-0.05, 0) is 69.5 Å². The fourth-order valence-electron chi connectivity index (χ4n) is 5.69. The van der Waals surface area contributed by atoms with Crippen LogP contribution in [0.4, 0.5) is 11.4 Å². The highest BCUT2D eigenvalue weighted by atomic mass is 16.5. The first kappa shape index (κ1) is 33.7. The Morgan fingerprint density at radius 2 is 0.760 bits per heavy atom. The van der Waals surface area contributed by atoms with Crippen LogP contribution >= 0.6 is 0 Å². The molecule has 6 nitrogen and oxygen atoms in total. The van der Waals surface area contributed by atoms with E-state index in [9.17, 15) is 9.59 Å². The van der Waals surface area contributed by atoms with E-state index in [0.29, 0.717) is 22.9 Å². The van der Waals surface area contributed by atoms with Crippen LogP contribution in [0.5, 0.6) is 11.5 Å². The van der Waals surface area contributed by atoms with Gasteiger partial charge in [-0.1, -0.05) is 147 Å². The van der Waals surface area contributed by atoms with Gasteiger partial charge < -0.3 is 9.47 Å². The summed E-state index contributed by atoms with van der Waals surface area (Å²) >= 11 is 0. The number of nitrogens with zero attached hydrogens (tertiary/aromatic N) is 2. The zero-order valence-electron chi connectivity index (χ0n) is 28.1. The fourth-order valence-corrected chi connectivity index (χ4v) is 5.69. The third-order valence-corrected chi connectivity index (χ3v) is 8.56. The first-order valence-corrected chi connectivity index (χ1v) is 16.7. The maximum absolute atomic E-state index is 13.0. The van der Waals surface area contributed by atoms with Gasteiger partial charge in [0, 0.05) is 0 Å². The van der Waals surface area contributed by atoms with E-state index in [4.69, 9.17) is 9.47 Å². The van der Waals surface area contributed by atoms with Gasteiger partial charge in [-0.3, -0.25) is 9.59 Å². The van der Waals surface area contributed by atoms with E-state index < -0.39 is 0 Å². The molecule has 0 aromatic heterocycles. The number of carbonyl (C=O) groups excluding carboxylic acids is 2. The average molecular weight is 659 g/mol. The Hall–Kier alpha value is -6.14. The van der Waals surface area contributed by atoms with E-state index in [2.05, 4.69) is 83.0 Å². The molecular weight excluding hydrogens is 620 g/mol. The molecule has 0 spiro atoms. The largest absolute Gasteiger partial charge is 0.424 e. The van der Waals surface area contributed by atoms with Gasteiger partial charge in [0.15, 0.2) is 11.5 Å². The number of azo groups is 1. The normalized spacial score (nSPS) is 12.3. The Balaban J connectivity index is 1.06. The van der Waals surface area contributed by atoms with Crippen LogP contribution in [0.1, 0.15) is 49.7 Å². The maximum atomic E-state index is 13.0. The monoisotopic (exact) mass is 658 g/mol. The Morgan fingerprint density at radius 1 is 0.440 bits per heavy atom. The molecule has 6 aromatic rings. The molecule has 6 rings (SSSR count). The molecule has 248 valence electrons. The Morgan fingerprint density at radius 3 is 1.14 bits per heavy atom. The highest BCUT2D eigenvalue weighted by molar-refractivity contribution is 5.76. The molecule has 0 aliphatic carbocycles. The Kier molecular flexibility index (Phi) is 11.0. The van der Waals surface area contributed by atoms with Crippen LogP contribution in [-0.4, -0.2) is 11.9 Å². The summed E-state index contributed by atoms with van der Waals surface area (Å²) in [6.07, 6.45) is 0.398. The number of rotatable bonds is 12. The second-order valence-electron chi connectivity index (χ2n) is 12.3. The number of para-hydroxylation sites is 2. The molecule has 0 saturated heterocycles. The van der Waals surface area contributed by atoms with E-state index in [1.807, 2.05) is 50.2 Å². The molecule has 2 atom stereocenters. The lowest BCUT2D eigenvalue weighted by atomic mass is 9.95. The highest BCUT2D eigenvalue weighted by Gasteiger charge is 2.17. The summed E-state index contributed by atoms with van der Waals surface area (Å²) in [5.41, 5.74) is 7.41. The van der Waals surface area contributed by atoms with Crippen molar-refractivity contribution in [3.63, 3.8) is 0 Å². The average Bonchev–Trinajstić information content (AvgIpc) is 3.15. The molecule has 0 aliphatic rings. The summed E-state index contributed by atoms with van der Waals surface area (Å²) in [6, 6.07) is 50.8. The van der Waals surface area contributed by atoms with Crippen LogP contribution in [0.25, 0.3) is 22.3 Å². The molecule has 6 aromatic carbocycles. The van der Waals surface area contributed by atoms with Crippen molar-refractivity contribution in [1.82, 2.24) is 0 Å². The first-order chi connectivity index (χ1) is 24.4. The summed E-state index contributed by atoms with van der Waals surface area (Å²) in [6.45, 7) is 4.01. The third-order valence-electron chi connectivity index (χ3n) is 8.56. The zero-order chi connectivity index (χ0) is 34.7. The molecule has 6 heteroatoms. The lowest BCUT2D eigenvalue weighted by molar-refractivity contribution is -0.135. The number of carbonyl (C=O) groups is 2. The second-order valence-corrected chi connectivity index (χ2v) is 12.3. The number of benzene rings is 6. The lowest BCUT2D eigenvalue weighted by Crippen LogP contribution is -2.11. The minimum absolute atomic E-state index is 0.0426. The molecule has 0 bridgehead atoms. The van der Waals surface area contributed by atoms with Crippen LogP contribution in [0, 0.1) is 0 Å². The van der Waals surface area contributed by atoms with Gasteiger partial charge in [0.25, 0.3) is 0 Å². The van der Waals surface area contributed by atoms with Gasteiger partial charge in [0.05, 0.1) is 12.8 Å². The third kappa shape index (κ3) is 8.85. The summed E-state index contributed by atoms with van der Waals surface area (Å²) in [7, 11) is 0. The molecule has 0 amide bonds. The first-order valence-electron chi connectivity index (χ1n) is 16.7. The number of hydrogen-bond donors (Lipinski definition) is 0. The fraction of sp³-hybridized carbons (Fsp3) is 0.136. The highest BCUT2D eigenvalue weighted by Crippen LogP contribution is 2.34. The Bertz CT molecular complexity index is 1910. The quantitative estimate of drug-likeness (QED) is 0.0745. The smallest absolute Gasteiger partial charge is 0.311 e. The molecule has 0 fully saturated rings. The van der Waals surface area contributed by atoms with Crippen LogP contribution in [0.15, 0.2) is 168 Å². The van der Waals surface area contributed by atoms with Gasteiger partial charge in [-0.2, -0.15) is 0 Å². The second kappa shape index (κ2) is 16.3. The Labute approximate surface area is 293 Å². The van der Waals surface area contributed by atoms with E-state index >= 15 is 0 Å². The maximum Gasteiger partial charge on any atom is 0.311 e. The van der Waals surface area contributed by atoms with Crippen molar-refractivity contribution in [2.45, 2.75) is 38.5 Å². The van der Waals surface area contributed by atoms with E-state index in [1.54, 1.807) is 48.5 Å². The molecule has 0 aliphatic heterocycles. The van der Waals surface area contributed by atoms with Crippen molar-refractivity contribution in [3.8, 4) is 33.8 Å². The molecule has 0 radical (unpaired) electrons. The molecule has 0 heterocycles. The van der Waals surface area contributed by atoms with Gasteiger partial charge in [0.2, 0.25) is 0 Å². The topological polar surface area (TPSA) is 77.3 Å². The van der Waals surface area contributed by atoms with Gasteiger partial charge in [-0.25, -0.2) is 0 Å². The number of hydrogen-bond acceptors (Lipinski definition) is 6. The van der Waals surface area contributed by atoms with Gasteiger partial charge >= 0.3 is 11.9 Å². The van der Waals surface area contributed by atoms with Crippen LogP contribution < -0.4 is 9.47 Å². The van der Waals surface area contributed by atoms with Crippen LogP contribution in [0.2, 0.25) is 0 Å². The molecule has 0 saturated carbocycles.